The first kappa shape index (κ1) is 29.5. The number of morpholine rings is 1. The number of aromatic amines is 1. The molecule has 8 heteroatoms. The molecule has 7 nitrogen and oxygen atoms in total. The monoisotopic (exact) mass is 564 g/mol. The van der Waals surface area contributed by atoms with E-state index in [4.69, 9.17) is 14.5 Å². The first-order chi connectivity index (χ1) is 19.7. The van der Waals surface area contributed by atoms with Gasteiger partial charge in [-0.15, -0.1) is 0 Å². The highest BCUT2D eigenvalue weighted by molar-refractivity contribution is 5.81. The maximum atomic E-state index is 14.1. The van der Waals surface area contributed by atoms with E-state index in [0.29, 0.717) is 39.1 Å². The first-order valence-corrected chi connectivity index (χ1v) is 15.1. The van der Waals surface area contributed by atoms with Gasteiger partial charge in [-0.1, -0.05) is 32.0 Å². The summed E-state index contributed by atoms with van der Waals surface area (Å²) in [5.41, 5.74) is 6.10. The Morgan fingerprint density at radius 3 is 2.68 bits per heavy atom. The Labute approximate surface area is 243 Å². The minimum Gasteiger partial charge on any atom is -0.442 e. The quantitative estimate of drug-likeness (QED) is 0.337. The molecule has 1 saturated heterocycles. The molecule has 0 bridgehead atoms. The number of fused-ring (bicyclic) bond motifs is 2. The number of nitrogens with one attached hydrogen (secondary N) is 1. The Hall–Kier alpha value is -2.97. The Morgan fingerprint density at radius 2 is 1.95 bits per heavy atom. The van der Waals surface area contributed by atoms with Crippen LogP contribution in [0.15, 0.2) is 30.3 Å². The number of H-pyrrole nitrogens is 1. The van der Waals surface area contributed by atoms with Gasteiger partial charge in [0, 0.05) is 38.4 Å². The van der Waals surface area contributed by atoms with E-state index in [0.717, 1.165) is 60.3 Å². The fraction of sp³-hybridized carbons (Fsp3) is 0.576. The van der Waals surface area contributed by atoms with Crippen molar-refractivity contribution in [2.45, 2.75) is 71.3 Å². The molecule has 1 N–H and O–H groups in total. The average molecular weight is 565 g/mol. The van der Waals surface area contributed by atoms with E-state index in [9.17, 15) is 9.18 Å². The number of hydrogen-bond donors (Lipinski definition) is 1. The van der Waals surface area contributed by atoms with Crippen LogP contribution in [0.5, 0.6) is 0 Å². The third-order valence-electron chi connectivity index (χ3n) is 9.03. The molecule has 1 fully saturated rings. The highest BCUT2D eigenvalue weighted by Gasteiger charge is 2.48. The van der Waals surface area contributed by atoms with E-state index >= 15 is 0 Å². The summed E-state index contributed by atoms with van der Waals surface area (Å²) in [4.78, 5) is 26.0. The zero-order chi connectivity index (χ0) is 29.1. The molecule has 5 rings (SSSR count). The SMILES string of the molecule is Cc1ccc(C)c2[nH]c(CCCN(C)CCC3(OC(=O)N4CCOCC4)CCc4cc(F)ccc4C3C(C)C)nc12. The highest BCUT2D eigenvalue weighted by Crippen LogP contribution is 2.48. The van der Waals surface area contributed by atoms with Crippen molar-refractivity contribution in [1.82, 2.24) is 19.8 Å². The molecule has 2 aliphatic rings. The Balaban J connectivity index is 1.29. The lowest BCUT2D eigenvalue weighted by Gasteiger charge is -2.47. The molecule has 1 amide bonds. The van der Waals surface area contributed by atoms with Gasteiger partial charge in [0.1, 0.15) is 17.2 Å². The van der Waals surface area contributed by atoms with E-state index in [1.165, 1.54) is 11.1 Å². The second-order valence-corrected chi connectivity index (χ2v) is 12.4. The van der Waals surface area contributed by atoms with Crippen molar-refractivity contribution in [1.29, 1.82) is 0 Å². The number of halogens is 1. The smallest absolute Gasteiger partial charge is 0.410 e. The zero-order valence-corrected chi connectivity index (χ0v) is 25.3. The molecule has 41 heavy (non-hydrogen) atoms. The predicted molar refractivity (Wildman–Crippen MR) is 160 cm³/mol. The minimum atomic E-state index is -0.656. The van der Waals surface area contributed by atoms with Crippen molar-refractivity contribution in [2.75, 3.05) is 46.4 Å². The third-order valence-corrected chi connectivity index (χ3v) is 9.03. The molecule has 1 aliphatic heterocycles. The Kier molecular flexibility index (Phi) is 9.00. The van der Waals surface area contributed by atoms with Crippen molar-refractivity contribution in [3.8, 4) is 0 Å². The van der Waals surface area contributed by atoms with Crippen LogP contribution in [0.2, 0.25) is 0 Å². The van der Waals surface area contributed by atoms with Crippen LogP contribution in [0.4, 0.5) is 9.18 Å². The number of benzene rings is 2. The van der Waals surface area contributed by atoms with Crippen LogP contribution in [0, 0.1) is 25.6 Å². The van der Waals surface area contributed by atoms with Crippen molar-refractivity contribution in [3.63, 3.8) is 0 Å². The number of nitrogens with zero attached hydrogens (tertiary/aromatic N) is 3. The number of ether oxygens (including phenoxy) is 2. The van der Waals surface area contributed by atoms with Gasteiger partial charge in [-0.25, -0.2) is 14.2 Å². The van der Waals surface area contributed by atoms with Gasteiger partial charge in [-0.3, -0.25) is 0 Å². The van der Waals surface area contributed by atoms with Gasteiger partial charge >= 0.3 is 6.09 Å². The molecule has 2 atom stereocenters. The Bertz CT molecular complexity index is 1330. The summed E-state index contributed by atoms with van der Waals surface area (Å²) in [6.45, 7) is 12.5. The second-order valence-electron chi connectivity index (χ2n) is 12.4. The summed E-state index contributed by atoms with van der Waals surface area (Å²) >= 11 is 0. The molecule has 222 valence electrons. The summed E-state index contributed by atoms with van der Waals surface area (Å²) in [5.74, 6) is 1.03. The van der Waals surface area contributed by atoms with Crippen LogP contribution in [-0.2, 0) is 22.3 Å². The lowest BCUT2D eigenvalue weighted by Crippen LogP contribution is -2.52. The van der Waals surface area contributed by atoms with Crippen LogP contribution in [0.3, 0.4) is 0 Å². The van der Waals surface area contributed by atoms with Gasteiger partial charge in [0.25, 0.3) is 0 Å². The van der Waals surface area contributed by atoms with Gasteiger partial charge < -0.3 is 24.3 Å². The van der Waals surface area contributed by atoms with Crippen molar-refractivity contribution >= 4 is 17.1 Å². The number of imidazole rings is 1. The van der Waals surface area contributed by atoms with E-state index < -0.39 is 5.60 Å². The molecule has 2 heterocycles. The van der Waals surface area contributed by atoms with E-state index in [-0.39, 0.29) is 23.7 Å². The molecular formula is C33H45FN4O3. The molecule has 2 aromatic carbocycles. The first-order valence-electron chi connectivity index (χ1n) is 15.1. The standard InChI is InChI=1S/C33H45FN4O3/c1-22(2)29-27-11-10-26(34)21-25(27)12-13-33(29,41-32(39)38-17-19-40-20-18-38)14-16-37(5)15-6-7-28-35-30-23(3)8-9-24(4)31(30)36-28/h8-11,21-22,29H,6-7,12-20H2,1-5H3,(H,35,36). The highest BCUT2D eigenvalue weighted by atomic mass is 19.1. The molecule has 0 saturated carbocycles. The number of carbonyl (C=O) groups is 1. The molecule has 2 unspecified atom stereocenters. The maximum absolute atomic E-state index is 14.1. The number of aryl methyl sites for hydroxylation is 4. The number of hydrogen-bond acceptors (Lipinski definition) is 5. The van der Waals surface area contributed by atoms with Gasteiger partial charge in [0.05, 0.1) is 24.2 Å². The van der Waals surface area contributed by atoms with Crippen LogP contribution < -0.4 is 0 Å². The summed E-state index contributed by atoms with van der Waals surface area (Å²) < 4.78 is 26.2. The van der Waals surface area contributed by atoms with Gasteiger partial charge in [0.15, 0.2) is 0 Å². The van der Waals surface area contributed by atoms with Crippen LogP contribution >= 0.6 is 0 Å². The number of aromatic nitrogens is 2. The van der Waals surface area contributed by atoms with E-state index in [1.54, 1.807) is 17.0 Å². The topological polar surface area (TPSA) is 70.7 Å². The molecule has 1 aromatic heterocycles. The molecule has 3 aromatic rings. The summed E-state index contributed by atoms with van der Waals surface area (Å²) in [6, 6.07) is 9.38. The Morgan fingerprint density at radius 1 is 1.20 bits per heavy atom. The predicted octanol–water partition coefficient (Wildman–Crippen LogP) is 6.17. The number of rotatable bonds is 9. The molecule has 0 spiro atoms. The van der Waals surface area contributed by atoms with Gasteiger partial charge in [0.2, 0.25) is 0 Å². The molecular weight excluding hydrogens is 519 g/mol. The van der Waals surface area contributed by atoms with Crippen molar-refractivity contribution < 1.29 is 18.7 Å². The summed E-state index contributed by atoms with van der Waals surface area (Å²) in [5, 5.41) is 0. The van der Waals surface area contributed by atoms with Crippen molar-refractivity contribution in [2.24, 2.45) is 5.92 Å². The molecule has 0 radical (unpaired) electrons. The van der Waals surface area contributed by atoms with E-state index in [2.05, 4.69) is 56.8 Å². The fourth-order valence-corrected chi connectivity index (χ4v) is 6.81. The van der Waals surface area contributed by atoms with Gasteiger partial charge in [-0.05, 0) is 87.0 Å². The zero-order valence-electron chi connectivity index (χ0n) is 25.3. The lowest BCUT2D eigenvalue weighted by atomic mass is 9.65. The van der Waals surface area contributed by atoms with Crippen LogP contribution in [0.25, 0.3) is 11.0 Å². The van der Waals surface area contributed by atoms with E-state index in [1.807, 2.05) is 6.07 Å². The van der Waals surface area contributed by atoms with Crippen LogP contribution in [0.1, 0.15) is 67.1 Å². The second kappa shape index (κ2) is 12.5. The fourth-order valence-electron chi connectivity index (χ4n) is 6.81. The largest absolute Gasteiger partial charge is 0.442 e. The average Bonchev–Trinajstić information content (AvgIpc) is 3.40. The summed E-state index contributed by atoms with van der Waals surface area (Å²) in [6.07, 6.45) is 3.70. The normalized spacial score (nSPS) is 21.1. The summed E-state index contributed by atoms with van der Waals surface area (Å²) in [7, 11) is 2.14. The maximum Gasteiger partial charge on any atom is 0.410 e. The minimum absolute atomic E-state index is 0.00716. The van der Waals surface area contributed by atoms with Gasteiger partial charge in [-0.2, -0.15) is 0 Å². The lowest BCUT2D eigenvalue weighted by molar-refractivity contribution is -0.0670. The number of carbonyl (C=O) groups excluding carboxylic acids is 1. The van der Waals surface area contributed by atoms with Crippen molar-refractivity contribution in [3.05, 3.63) is 64.2 Å². The third kappa shape index (κ3) is 6.44. The molecule has 1 aliphatic carbocycles. The van der Waals surface area contributed by atoms with Crippen LogP contribution in [-0.4, -0.2) is 77.9 Å². The number of amides is 1.